The van der Waals surface area contributed by atoms with Crippen LogP contribution >= 0.6 is 0 Å². The number of nitrogens with one attached hydrogen (secondary N) is 1. The molecule has 0 fully saturated rings. The largest absolute Gasteiger partial charge is 0.395 e. The fourth-order valence-electron chi connectivity index (χ4n) is 4.09. The molecule has 0 unspecified atom stereocenters. The number of aliphatic hydroxyl groups is 1. The Morgan fingerprint density at radius 2 is 1.88 bits per heavy atom. The van der Waals surface area contributed by atoms with Gasteiger partial charge in [0.1, 0.15) is 0 Å². The van der Waals surface area contributed by atoms with Gasteiger partial charge in [-0.15, -0.1) is 6.58 Å². The molecule has 0 heterocycles. The minimum absolute atomic E-state index is 0.139. The van der Waals surface area contributed by atoms with Crippen LogP contribution in [0.5, 0.6) is 0 Å². The molecule has 0 saturated carbocycles. The van der Waals surface area contributed by atoms with Gasteiger partial charge in [0, 0.05) is 6.54 Å². The highest BCUT2D eigenvalue weighted by molar-refractivity contribution is 5.50. The third-order valence-corrected chi connectivity index (χ3v) is 5.27. The second kappa shape index (κ2) is 7.33. The number of allylic oxidation sites excluding steroid dienone is 1. The highest BCUT2D eigenvalue weighted by atomic mass is 16.3. The number of rotatable bonds is 6. The molecule has 0 aromatic heterocycles. The van der Waals surface area contributed by atoms with Crippen molar-refractivity contribution in [2.45, 2.75) is 37.6 Å². The van der Waals surface area contributed by atoms with Gasteiger partial charge >= 0.3 is 0 Å². The molecular formula is C22H27NO. The van der Waals surface area contributed by atoms with Crippen LogP contribution in [0.15, 0.2) is 61.2 Å². The summed E-state index contributed by atoms with van der Waals surface area (Å²) in [7, 11) is 0. The second-order valence-electron chi connectivity index (χ2n) is 6.79. The molecule has 1 aliphatic carbocycles. The fraction of sp³-hybridized carbons (Fsp3) is 0.364. The first-order valence-electron chi connectivity index (χ1n) is 8.85. The molecule has 2 aromatic rings. The van der Waals surface area contributed by atoms with Gasteiger partial charge in [0.15, 0.2) is 0 Å². The van der Waals surface area contributed by atoms with Gasteiger partial charge in [-0.25, -0.2) is 0 Å². The average molecular weight is 321 g/mol. The first kappa shape index (κ1) is 16.9. The third-order valence-electron chi connectivity index (χ3n) is 5.27. The molecule has 2 nitrogen and oxygen atoms in total. The number of fused-ring (bicyclic) bond motifs is 2. The van der Waals surface area contributed by atoms with Crippen LogP contribution in [-0.2, 0) is 12.0 Å². The molecule has 2 heteroatoms. The molecule has 0 aliphatic heterocycles. The molecule has 0 spiro atoms. The zero-order valence-electron chi connectivity index (χ0n) is 14.5. The maximum absolute atomic E-state index is 9.37. The van der Waals surface area contributed by atoms with Crippen molar-refractivity contribution in [2.24, 2.45) is 0 Å². The summed E-state index contributed by atoms with van der Waals surface area (Å²) in [6.45, 7) is 6.86. The SMILES string of the molecule is C=CCC[C@@H]1Cc2ccccc2[C@](C)(NCCO)c2ccccc21. The van der Waals surface area contributed by atoms with Crippen LogP contribution in [0.25, 0.3) is 0 Å². The van der Waals surface area contributed by atoms with Crippen LogP contribution < -0.4 is 5.32 Å². The molecule has 1 aliphatic rings. The Balaban J connectivity index is 2.17. The van der Waals surface area contributed by atoms with Crippen LogP contribution in [0.3, 0.4) is 0 Å². The number of hydrogen-bond donors (Lipinski definition) is 2. The summed E-state index contributed by atoms with van der Waals surface area (Å²) >= 11 is 0. The summed E-state index contributed by atoms with van der Waals surface area (Å²) in [6.07, 6.45) is 5.22. The molecule has 3 rings (SSSR count). The van der Waals surface area contributed by atoms with E-state index in [9.17, 15) is 5.11 Å². The number of aliphatic hydroxyl groups excluding tert-OH is 1. The predicted molar refractivity (Wildman–Crippen MR) is 100 cm³/mol. The van der Waals surface area contributed by atoms with Gasteiger partial charge in [-0.2, -0.15) is 0 Å². The molecule has 0 amide bonds. The van der Waals surface area contributed by atoms with Crippen LogP contribution in [0.2, 0.25) is 0 Å². The normalized spacial score (nSPS) is 22.3. The molecule has 2 atom stereocenters. The zero-order valence-corrected chi connectivity index (χ0v) is 14.5. The lowest BCUT2D eigenvalue weighted by molar-refractivity contribution is 0.272. The Morgan fingerprint density at radius 3 is 2.62 bits per heavy atom. The van der Waals surface area contributed by atoms with Crippen molar-refractivity contribution in [2.75, 3.05) is 13.2 Å². The lowest BCUT2D eigenvalue weighted by Crippen LogP contribution is -2.42. The molecule has 2 aromatic carbocycles. The maximum Gasteiger partial charge on any atom is 0.0668 e. The van der Waals surface area contributed by atoms with Gasteiger partial charge < -0.3 is 10.4 Å². The van der Waals surface area contributed by atoms with Crippen molar-refractivity contribution < 1.29 is 5.11 Å². The monoisotopic (exact) mass is 321 g/mol. The van der Waals surface area contributed by atoms with Crippen molar-refractivity contribution in [3.63, 3.8) is 0 Å². The van der Waals surface area contributed by atoms with E-state index < -0.39 is 0 Å². The van der Waals surface area contributed by atoms with Gasteiger partial charge in [0.05, 0.1) is 12.1 Å². The summed E-state index contributed by atoms with van der Waals surface area (Å²) in [4.78, 5) is 0. The highest BCUT2D eigenvalue weighted by Crippen LogP contribution is 2.42. The van der Waals surface area contributed by atoms with Crippen molar-refractivity contribution in [3.05, 3.63) is 83.4 Å². The van der Waals surface area contributed by atoms with Crippen LogP contribution in [-0.4, -0.2) is 18.3 Å². The van der Waals surface area contributed by atoms with E-state index in [1.54, 1.807) is 0 Å². The lowest BCUT2D eigenvalue weighted by Gasteiger charge is -2.34. The van der Waals surface area contributed by atoms with Gasteiger partial charge in [0.2, 0.25) is 0 Å². The Labute approximate surface area is 145 Å². The summed E-state index contributed by atoms with van der Waals surface area (Å²) in [6, 6.07) is 17.5. The van der Waals surface area contributed by atoms with Crippen LogP contribution in [0, 0.1) is 0 Å². The second-order valence-corrected chi connectivity index (χ2v) is 6.79. The van der Waals surface area contributed by atoms with E-state index in [1.807, 2.05) is 6.08 Å². The summed E-state index contributed by atoms with van der Waals surface area (Å²) in [5, 5.41) is 13.0. The van der Waals surface area contributed by atoms with Crippen molar-refractivity contribution in [1.82, 2.24) is 5.32 Å². The molecule has 0 bridgehead atoms. The molecule has 2 N–H and O–H groups in total. The van der Waals surface area contributed by atoms with Crippen molar-refractivity contribution in [1.29, 1.82) is 0 Å². The van der Waals surface area contributed by atoms with E-state index in [0.717, 1.165) is 19.3 Å². The molecule has 0 radical (unpaired) electrons. The van der Waals surface area contributed by atoms with Crippen LogP contribution in [0.4, 0.5) is 0 Å². The topological polar surface area (TPSA) is 32.3 Å². The lowest BCUT2D eigenvalue weighted by atomic mass is 9.81. The Kier molecular flexibility index (Phi) is 5.17. The third kappa shape index (κ3) is 3.04. The maximum atomic E-state index is 9.37. The number of benzene rings is 2. The molecule has 24 heavy (non-hydrogen) atoms. The first-order valence-corrected chi connectivity index (χ1v) is 8.85. The van der Waals surface area contributed by atoms with Gasteiger partial charge in [-0.05, 0) is 54.4 Å². The van der Waals surface area contributed by atoms with Crippen LogP contribution in [0.1, 0.15) is 47.9 Å². The van der Waals surface area contributed by atoms with Gasteiger partial charge in [0.25, 0.3) is 0 Å². The molecular weight excluding hydrogens is 294 g/mol. The Hall–Kier alpha value is -1.90. The fourth-order valence-corrected chi connectivity index (χ4v) is 4.09. The Bertz CT molecular complexity index is 709. The van der Waals surface area contributed by atoms with E-state index in [-0.39, 0.29) is 12.1 Å². The standard InChI is InChI=1S/C22H27NO/c1-3-4-9-17-16-18-10-5-7-12-20(18)22(2,23-14-15-24)21-13-8-6-11-19(17)21/h3,5-8,10-13,17,23-24H,1,4,9,14-16H2,2H3/t17-,22+/m1/s1. The Morgan fingerprint density at radius 1 is 1.17 bits per heavy atom. The predicted octanol–water partition coefficient (Wildman–Crippen LogP) is 4.14. The first-order chi connectivity index (χ1) is 11.7. The van der Waals surface area contributed by atoms with Gasteiger partial charge in [-0.1, -0.05) is 54.6 Å². The van der Waals surface area contributed by atoms with E-state index in [2.05, 4.69) is 67.4 Å². The minimum atomic E-state index is -0.279. The zero-order chi connectivity index (χ0) is 17.0. The van der Waals surface area contributed by atoms with E-state index in [4.69, 9.17) is 0 Å². The average Bonchev–Trinajstić information content (AvgIpc) is 2.73. The van der Waals surface area contributed by atoms with Crippen molar-refractivity contribution in [3.8, 4) is 0 Å². The highest BCUT2D eigenvalue weighted by Gasteiger charge is 2.36. The van der Waals surface area contributed by atoms with E-state index >= 15 is 0 Å². The van der Waals surface area contributed by atoms with Gasteiger partial charge in [-0.3, -0.25) is 0 Å². The molecule has 0 saturated heterocycles. The summed E-state index contributed by atoms with van der Waals surface area (Å²) in [5.41, 5.74) is 5.20. The minimum Gasteiger partial charge on any atom is -0.395 e. The van der Waals surface area contributed by atoms with E-state index in [0.29, 0.717) is 12.5 Å². The number of hydrogen-bond acceptors (Lipinski definition) is 2. The van der Waals surface area contributed by atoms with Crippen molar-refractivity contribution >= 4 is 0 Å². The summed E-state index contributed by atoms with van der Waals surface area (Å²) < 4.78 is 0. The quantitative estimate of drug-likeness (QED) is 0.784. The van der Waals surface area contributed by atoms with E-state index in [1.165, 1.54) is 22.3 Å². The molecule has 126 valence electrons. The smallest absolute Gasteiger partial charge is 0.0668 e. The summed E-state index contributed by atoms with van der Waals surface area (Å²) in [5.74, 6) is 0.498.